The fraction of sp³-hybridized carbons (Fsp3) is 0.677. The van der Waals surface area contributed by atoms with Gasteiger partial charge in [-0.1, -0.05) is 59.6 Å². The summed E-state index contributed by atoms with van der Waals surface area (Å²) in [6, 6.07) is 8.15. The summed E-state index contributed by atoms with van der Waals surface area (Å²) in [5.74, 6) is 0.561. The molecule has 5 nitrogen and oxygen atoms in total. The lowest BCUT2D eigenvalue weighted by Crippen LogP contribution is -2.40. The molecular formula is C31H47NO4. The van der Waals surface area contributed by atoms with Gasteiger partial charge in [0.1, 0.15) is 5.75 Å². The molecule has 4 atom stereocenters. The highest BCUT2D eigenvalue weighted by molar-refractivity contribution is 6.15. The van der Waals surface area contributed by atoms with E-state index >= 15 is 0 Å². The number of nitrogens with one attached hydrogen (secondary N) is 1. The number of hydrogen-bond acceptors (Lipinski definition) is 5. The number of ether oxygens (including phenoxy) is 1. The number of hydrogen-bond donors (Lipinski definition) is 2. The number of benzene rings is 1. The van der Waals surface area contributed by atoms with Crippen LogP contribution in [0.15, 0.2) is 35.5 Å². The van der Waals surface area contributed by atoms with Gasteiger partial charge in [0.2, 0.25) is 0 Å². The molecule has 5 heteroatoms. The molecule has 200 valence electrons. The number of aliphatic hydroxyl groups is 1. The summed E-state index contributed by atoms with van der Waals surface area (Å²) in [5.41, 5.74) is 2.83. The van der Waals surface area contributed by atoms with Gasteiger partial charge in [0.15, 0.2) is 11.6 Å². The molecular weight excluding hydrogens is 450 g/mol. The van der Waals surface area contributed by atoms with Crippen LogP contribution in [-0.2, 0) is 16.0 Å². The van der Waals surface area contributed by atoms with Crippen LogP contribution in [0.3, 0.4) is 0 Å². The standard InChI is InChI=1S/C29H41NO4.C2H6/c1-5-21-27(32)23(14-18(2)3)26-25(28(21)33)22(15-19-8-10-20(34-4)11-9-19)24(30-26)16-29(17-31)12-6-7-13-29;1-2/h8-11,18,21-24,30-31H,5-7,12-17H2,1-4H3;1-2H3. The van der Waals surface area contributed by atoms with E-state index in [4.69, 9.17) is 4.74 Å². The summed E-state index contributed by atoms with van der Waals surface area (Å²) in [6.07, 6.45) is 7.26. The molecule has 1 saturated carbocycles. The second-order valence-corrected chi connectivity index (χ2v) is 11.2. The van der Waals surface area contributed by atoms with Crippen molar-refractivity contribution in [2.45, 2.75) is 92.0 Å². The molecule has 1 aliphatic heterocycles. The second kappa shape index (κ2) is 12.4. The molecule has 0 saturated heterocycles. The monoisotopic (exact) mass is 497 g/mol. The average molecular weight is 498 g/mol. The number of carbonyl (C=O) groups is 2. The first-order valence-electron chi connectivity index (χ1n) is 14.1. The van der Waals surface area contributed by atoms with Gasteiger partial charge in [-0.15, -0.1) is 0 Å². The largest absolute Gasteiger partial charge is 0.497 e. The summed E-state index contributed by atoms with van der Waals surface area (Å²) < 4.78 is 5.33. The van der Waals surface area contributed by atoms with Crippen LogP contribution in [0.25, 0.3) is 0 Å². The van der Waals surface area contributed by atoms with Crippen molar-refractivity contribution in [3.05, 3.63) is 41.1 Å². The van der Waals surface area contributed by atoms with E-state index in [0.29, 0.717) is 12.3 Å². The molecule has 0 amide bonds. The summed E-state index contributed by atoms with van der Waals surface area (Å²) in [4.78, 5) is 27.1. The molecule has 1 heterocycles. The summed E-state index contributed by atoms with van der Waals surface area (Å²) in [7, 11) is 1.66. The van der Waals surface area contributed by atoms with Crippen molar-refractivity contribution in [2.24, 2.45) is 29.1 Å². The van der Waals surface area contributed by atoms with Crippen LogP contribution in [0.4, 0.5) is 0 Å². The Morgan fingerprint density at radius 1 is 1.08 bits per heavy atom. The minimum Gasteiger partial charge on any atom is -0.497 e. The van der Waals surface area contributed by atoms with Crippen molar-refractivity contribution in [1.82, 2.24) is 5.32 Å². The predicted molar refractivity (Wildman–Crippen MR) is 145 cm³/mol. The van der Waals surface area contributed by atoms with Gasteiger partial charge >= 0.3 is 0 Å². The van der Waals surface area contributed by atoms with Crippen LogP contribution in [0.1, 0.15) is 85.1 Å². The number of ketones is 2. The van der Waals surface area contributed by atoms with E-state index in [1.807, 2.05) is 32.9 Å². The van der Waals surface area contributed by atoms with Gasteiger partial charge < -0.3 is 15.2 Å². The Kier molecular flexibility index (Phi) is 9.79. The van der Waals surface area contributed by atoms with Crippen LogP contribution < -0.4 is 10.1 Å². The van der Waals surface area contributed by atoms with E-state index in [1.165, 1.54) is 0 Å². The summed E-state index contributed by atoms with van der Waals surface area (Å²) in [6.45, 7) is 10.4. The van der Waals surface area contributed by atoms with Crippen molar-refractivity contribution >= 4 is 11.6 Å². The number of aliphatic hydroxyl groups excluding tert-OH is 1. The van der Waals surface area contributed by atoms with Crippen LogP contribution in [0.5, 0.6) is 5.75 Å². The maximum Gasteiger partial charge on any atom is 0.171 e. The molecule has 36 heavy (non-hydrogen) atoms. The van der Waals surface area contributed by atoms with Crippen LogP contribution in [-0.4, -0.2) is 36.4 Å². The quantitative estimate of drug-likeness (QED) is 0.416. The third-order valence-electron chi connectivity index (χ3n) is 8.49. The van der Waals surface area contributed by atoms with E-state index in [2.05, 4.69) is 31.3 Å². The predicted octanol–water partition coefficient (Wildman–Crippen LogP) is 5.89. The lowest BCUT2D eigenvalue weighted by Gasteiger charge is -2.33. The number of allylic oxidation sites excluding steroid dienone is 1. The van der Waals surface area contributed by atoms with E-state index in [0.717, 1.165) is 67.5 Å². The highest BCUT2D eigenvalue weighted by Crippen LogP contribution is 2.48. The molecule has 0 radical (unpaired) electrons. The molecule has 0 bridgehead atoms. The van der Waals surface area contributed by atoms with Gasteiger partial charge in [0.05, 0.1) is 18.9 Å². The van der Waals surface area contributed by atoms with E-state index in [-0.39, 0.29) is 41.5 Å². The molecule has 4 rings (SSSR count). The Balaban J connectivity index is 0.00000176. The zero-order valence-corrected chi connectivity index (χ0v) is 23.2. The molecule has 0 spiro atoms. The fourth-order valence-corrected chi connectivity index (χ4v) is 6.65. The van der Waals surface area contributed by atoms with Gasteiger partial charge in [0, 0.05) is 29.8 Å². The van der Waals surface area contributed by atoms with Crippen molar-refractivity contribution < 1.29 is 19.4 Å². The minimum atomic E-state index is -0.528. The van der Waals surface area contributed by atoms with E-state index in [1.54, 1.807) is 7.11 Å². The molecule has 1 fully saturated rings. The number of Topliss-reactive ketones (excluding diaryl/α,β-unsaturated/α-hetero) is 2. The normalized spacial score (nSPS) is 27.0. The molecule has 0 aromatic heterocycles. The lowest BCUT2D eigenvalue weighted by atomic mass is 9.70. The van der Waals surface area contributed by atoms with Gasteiger partial charge in [-0.25, -0.2) is 0 Å². The summed E-state index contributed by atoms with van der Waals surface area (Å²) >= 11 is 0. The minimum absolute atomic E-state index is 0.0109. The Labute approximate surface area is 218 Å². The van der Waals surface area contributed by atoms with Crippen LogP contribution in [0.2, 0.25) is 0 Å². The zero-order chi connectivity index (χ0) is 26.5. The molecule has 1 aromatic carbocycles. The third kappa shape index (κ3) is 5.72. The first-order chi connectivity index (χ1) is 17.3. The Morgan fingerprint density at radius 3 is 2.25 bits per heavy atom. The van der Waals surface area contributed by atoms with Gasteiger partial charge in [0.25, 0.3) is 0 Å². The smallest absolute Gasteiger partial charge is 0.171 e. The molecule has 2 N–H and O–H groups in total. The van der Waals surface area contributed by atoms with Crippen molar-refractivity contribution in [2.75, 3.05) is 13.7 Å². The van der Waals surface area contributed by atoms with E-state index in [9.17, 15) is 14.7 Å². The second-order valence-electron chi connectivity index (χ2n) is 11.2. The van der Waals surface area contributed by atoms with Gasteiger partial charge in [-0.2, -0.15) is 0 Å². The molecule has 1 aromatic rings. The highest BCUT2D eigenvalue weighted by Gasteiger charge is 2.51. The van der Waals surface area contributed by atoms with Crippen LogP contribution in [0, 0.1) is 29.1 Å². The lowest BCUT2D eigenvalue weighted by molar-refractivity contribution is -0.134. The SMILES string of the molecule is CC.CCC1C(=O)C2=C(NC(CC3(CO)CCCC3)C2Cc2ccc(OC)cc2)C(CC(C)C)C1=O. The maximum atomic E-state index is 13.7. The van der Waals surface area contributed by atoms with Crippen molar-refractivity contribution in [3.63, 3.8) is 0 Å². The number of methoxy groups -OCH3 is 1. The molecule has 4 unspecified atom stereocenters. The Morgan fingerprint density at radius 2 is 1.72 bits per heavy atom. The first-order valence-corrected chi connectivity index (χ1v) is 14.1. The summed E-state index contributed by atoms with van der Waals surface area (Å²) in [5, 5.41) is 14.1. The topological polar surface area (TPSA) is 75.6 Å². The first kappa shape index (κ1) is 28.4. The van der Waals surface area contributed by atoms with Crippen LogP contribution >= 0.6 is 0 Å². The number of rotatable bonds is 9. The highest BCUT2D eigenvalue weighted by atomic mass is 16.5. The average Bonchev–Trinajstić information content (AvgIpc) is 3.49. The third-order valence-corrected chi connectivity index (χ3v) is 8.49. The Bertz CT molecular complexity index is 926. The fourth-order valence-electron chi connectivity index (χ4n) is 6.65. The van der Waals surface area contributed by atoms with Gasteiger partial charge in [-0.3, -0.25) is 9.59 Å². The molecule has 2 aliphatic carbocycles. The van der Waals surface area contributed by atoms with Crippen molar-refractivity contribution in [3.8, 4) is 5.75 Å². The Hall–Kier alpha value is -2.14. The number of carbonyl (C=O) groups excluding carboxylic acids is 2. The van der Waals surface area contributed by atoms with E-state index < -0.39 is 5.92 Å². The molecule has 3 aliphatic rings. The zero-order valence-electron chi connectivity index (χ0n) is 23.2. The van der Waals surface area contributed by atoms with Crippen molar-refractivity contribution in [1.29, 1.82) is 0 Å². The maximum absolute atomic E-state index is 13.7. The van der Waals surface area contributed by atoms with Gasteiger partial charge in [-0.05, 0) is 67.6 Å².